The molecule has 2 aliphatic rings. The van der Waals surface area contributed by atoms with E-state index in [1.54, 1.807) is 0 Å². The average molecular weight is 635 g/mol. The number of benzene rings is 2. The van der Waals surface area contributed by atoms with Crippen LogP contribution in [0.3, 0.4) is 0 Å². The first-order chi connectivity index (χ1) is 19.7. The van der Waals surface area contributed by atoms with Crippen LogP contribution < -0.4 is 9.47 Å². The van der Waals surface area contributed by atoms with Crippen LogP contribution in [0.15, 0.2) is 48.5 Å². The van der Waals surface area contributed by atoms with Gasteiger partial charge in [-0.3, -0.25) is 0 Å². The smallest absolute Gasteiger partial charge is 0.119 e. The molecule has 0 amide bonds. The molecular formula is C41H78O4. The van der Waals surface area contributed by atoms with E-state index in [-0.39, 0.29) is 35.1 Å². The topological polar surface area (TPSA) is 43.5 Å². The zero-order valence-corrected chi connectivity index (χ0v) is 28.0. The summed E-state index contributed by atoms with van der Waals surface area (Å²) in [5, 5.41) is 0. The number of rotatable bonds is 14. The SMILES string of the molecule is C.C.C.C.CC(C)(c1ccc(OCCC2CO2)cc1)c1ccc(OCCC2CO2)cc1.CCC(C)C.CCCC.CCCCC. The van der Waals surface area contributed by atoms with Crippen molar-refractivity contribution in [2.75, 3.05) is 26.4 Å². The van der Waals surface area contributed by atoms with Gasteiger partial charge in [-0.15, -0.1) is 0 Å². The summed E-state index contributed by atoms with van der Waals surface area (Å²) in [4.78, 5) is 0. The zero-order valence-electron chi connectivity index (χ0n) is 28.0. The minimum Gasteiger partial charge on any atom is -0.493 e. The van der Waals surface area contributed by atoms with Crippen LogP contribution in [-0.4, -0.2) is 38.6 Å². The van der Waals surface area contributed by atoms with Gasteiger partial charge in [-0.2, -0.15) is 0 Å². The number of hydrogen-bond acceptors (Lipinski definition) is 4. The maximum atomic E-state index is 5.80. The van der Waals surface area contributed by atoms with E-state index < -0.39 is 0 Å². The van der Waals surface area contributed by atoms with Crippen molar-refractivity contribution in [1.82, 2.24) is 0 Å². The number of unbranched alkanes of at least 4 members (excludes halogenated alkanes) is 3. The van der Waals surface area contributed by atoms with Crippen LogP contribution in [0.25, 0.3) is 0 Å². The molecule has 2 aromatic rings. The molecule has 45 heavy (non-hydrogen) atoms. The van der Waals surface area contributed by atoms with Crippen molar-refractivity contribution in [3.05, 3.63) is 59.7 Å². The van der Waals surface area contributed by atoms with Crippen molar-refractivity contribution < 1.29 is 18.9 Å². The lowest BCUT2D eigenvalue weighted by Gasteiger charge is -2.26. The van der Waals surface area contributed by atoms with Gasteiger partial charge < -0.3 is 18.9 Å². The van der Waals surface area contributed by atoms with Gasteiger partial charge in [-0.1, -0.05) is 155 Å². The molecule has 0 N–H and O–H groups in total. The fourth-order valence-corrected chi connectivity index (χ4v) is 3.54. The second-order valence-electron chi connectivity index (χ2n) is 12.0. The van der Waals surface area contributed by atoms with Crippen molar-refractivity contribution >= 4 is 0 Å². The van der Waals surface area contributed by atoms with Gasteiger partial charge in [0.15, 0.2) is 0 Å². The summed E-state index contributed by atoms with van der Waals surface area (Å²) < 4.78 is 22.0. The monoisotopic (exact) mass is 635 g/mol. The summed E-state index contributed by atoms with van der Waals surface area (Å²) in [7, 11) is 0. The maximum Gasteiger partial charge on any atom is 0.119 e. The van der Waals surface area contributed by atoms with E-state index in [0.29, 0.717) is 25.4 Å². The molecule has 2 aromatic carbocycles. The molecule has 4 nitrogen and oxygen atoms in total. The quantitative estimate of drug-likeness (QED) is 0.194. The molecule has 2 fully saturated rings. The maximum absolute atomic E-state index is 5.80. The second kappa shape index (κ2) is 29.4. The summed E-state index contributed by atoms with van der Waals surface area (Å²) in [6, 6.07) is 16.9. The first-order valence-corrected chi connectivity index (χ1v) is 16.4. The fraction of sp³-hybridized carbons (Fsp3) is 0.707. The van der Waals surface area contributed by atoms with E-state index in [0.717, 1.165) is 43.5 Å². The van der Waals surface area contributed by atoms with Crippen molar-refractivity contribution in [1.29, 1.82) is 0 Å². The normalized spacial score (nSPS) is 15.2. The van der Waals surface area contributed by atoms with E-state index in [2.05, 4.69) is 111 Å². The van der Waals surface area contributed by atoms with Crippen LogP contribution >= 0.6 is 0 Å². The minimum atomic E-state index is -0.0826. The molecule has 0 saturated carbocycles. The van der Waals surface area contributed by atoms with E-state index in [1.807, 2.05) is 0 Å². The molecule has 0 aliphatic carbocycles. The predicted molar refractivity (Wildman–Crippen MR) is 203 cm³/mol. The van der Waals surface area contributed by atoms with Crippen molar-refractivity contribution in [2.24, 2.45) is 5.92 Å². The molecule has 2 heterocycles. The van der Waals surface area contributed by atoms with Crippen LogP contribution in [-0.2, 0) is 14.9 Å². The van der Waals surface area contributed by atoms with Gasteiger partial charge in [0.05, 0.1) is 38.6 Å². The van der Waals surface area contributed by atoms with Crippen LogP contribution in [0.2, 0.25) is 0 Å². The number of hydrogen-bond donors (Lipinski definition) is 0. The molecule has 0 bridgehead atoms. The Bertz CT molecular complexity index is 798. The van der Waals surface area contributed by atoms with Crippen molar-refractivity contribution in [3.63, 3.8) is 0 Å². The van der Waals surface area contributed by atoms with Gasteiger partial charge in [-0.05, 0) is 41.3 Å². The summed E-state index contributed by atoms with van der Waals surface area (Å²) in [5.74, 6) is 2.71. The Morgan fingerprint density at radius 2 is 0.933 bits per heavy atom. The Hall–Kier alpha value is -2.04. The van der Waals surface area contributed by atoms with Gasteiger partial charge in [0.25, 0.3) is 0 Å². The predicted octanol–water partition coefficient (Wildman–Crippen LogP) is 12.9. The highest BCUT2D eigenvalue weighted by atomic mass is 16.6. The number of ether oxygens (including phenoxy) is 4. The summed E-state index contributed by atoms with van der Waals surface area (Å²) in [6.45, 7) is 23.1. The molecule has 4 heteroatoms. The number of epoxide rings is 2. The highest BCUT2D eigenvalue weighted by molar-refractivity contribution is 5.41. The third kappa shape index (κ3) is 23.9. The lowest BCUT2D eigenvalue weighted by molar-refractivity contribution is 0.283. The van der Waals surface area contributed by atoms with Gasteiger partial charge in [0.2, 0.25) is 0 Å². The summed E-state index contributed by atoms with van der Waals surface area (Å²) in [6.07, 6.45) is 10.8. The Labute approximate surface area is 283 Å². The highest BCUT2D eigenvalue weighted by Gasteiger charge is 2.24. The molecule has 0 aromatic heterocycles. The lowest BCUT2D eigenvalue weighted by atomic mass is 9.78. The van der Waals surface area contributed by atoms with Crippen molar-refractivity contribution in [2.45, 2.75) is 161 Å². The van der Waals surface area contributed by atoms with Crippen LogP contribution in [0.1, 0.15) is 155 Å². The van der Waals surface area contributed by atoms with E-state index in [4.69, 9.17) is 18.9 Å². The Morgan fingerprint density at radius 1 is 0.622 bits per heavy atom. The van der Waals surface area contributed by atoms with Gasteiger partial charge in [0, 0.05) is 18.3 Å². The average Bonchev–Trinajstić information content (AvgIpc) is 3.92. The molecular weight excluding hydrogens is 556 g/mol. The zero-order chi connectivity index (χ0) is 30.5. The molecule has 2 aliphatic heterocycles. The minimum absolute atomic E-state index is 0. The largest absolute Gasteiger partial charge is 0.493 e. The lowest BCUT2D eigenvalue weighted by Crippen LogP contribution is -2.18. The van der Waals surface area contributed by atoms with Crippen LogP contribution in [0, 0.1) is 5.92 Å². The fourth-order valence-electron chi connectivity index (χ4n) is 3.54. The van der Waals surface area contributed by atoms with Crippen molar-refractivity contribution in [3.8, 4) is 11.5 Å². The van der Waals surface area contributed by atoms with Crippen LogP contribution in [0.5, 0.6) is 11.5 Å². The standard InChI is InChI=1S/C23H28O4.2C5H12.C4H10.4CH4/c1-23(2,17-3-7-19(8-4-17)24-13-11-21-15-26-21)18-5-9-20(10-6-18)25-14-12-22-16-27-22;1-4-5(2)3;1-3-5-4-2;1-3-4-2;;;;/h3-10,21-22H,11-16H2,1-2H3;5H,4H2,1-3H3;3-5H2,1-2H3;3-4H2,1-2H3;4*1H4. The third-order valence-corrected chi connectivity index (χ3v) is 7.40. The summed E-state index contributed by atoms with van der Waals surface area (Å²) in [5.41, 5.74) is 2.45. The summed E-state index contributed by atoms with van der Waals surface area (Å²) >= 11 is 0. The molecule has 2 saturated heterocycles. The van der Waals surface area contributed by atoms with Gasteiger partial charge in [-0.25, -0.2) is 0 Å². The van der Waals surface area contributed by atoms with Crippen LogP contribution in [0.4, 0.5) is 0 Å². The Morgan fingerprint density at radius 3 is 1.13 bits per heavy atom. The van der Waals surface area contributed by atoms with E-state index >= 15 is 0 Å². The first kappa shape index (κ1) is 49.8. The van der Waals surface area contributed by atoms with Gasteiger partial charge in [0.1, 0.15) is 11.5 Å². The highest BCUT2D eigenvalue weighted by Crippen LogP contribution is 2.33. The van der Waals surface area contributed by atoms with E-state index in [9.17, 15) is 0 Å². The van der Waals surface area contributed by atoms with E-state index in [1.165, 1.54) is 49.7 Å². The third-order valence-electron chi connectivity index (χ3n) is 7.40. The first-order valence-electron chi connectivity index (χ1n) is 16.4. The molecule has 266 valence electrons. The van der Waals surface area contributed by atoms with Gasteiger partial charge >= 0.3 is 0 Å². The molecule has 0 radical (unpaired) electrons. The Kier molecular flexibility index (Phi) is 32.5. The molecule has 2 unspecified atom stereocenters. The molecule has 4 rings (SSSR count). The molecule has 0 spiro atoms. The Balaban J connectivity index is -0.000000398. The molecule has 2 atom stereocenters. The second-order valence-corrected chi connectivity index (χ2v) is 12.0.